The van der Waals surface area contributed by atoms with Crippen molar-refractivity contribution in [2.24, 2.45) is 0 Å². The Labute approximate surface area is 262 Å². The molecule has 0 unspecified atom stereocenters. The van der Waals surface area contributed by atoms with E-state index in [1.54, 1.807) is 36.4 Å². The maximum atomic E-state index is 14.2. The first-order valence-corrected chi connectivity index (χ1v) is 16.5. The van der Waals surface area contributed by atoms with Crippen LogP contribution in [0.15, 0.2) is 71.6 Å². The van der Waals surface area contributed by atoms with E-state index >= 15 is 0 Å². The molecule has 42 heavy (non-hydrogen) atoms. The van der Waals surface area contributed by atoms with Crippen molar-refractivity contribution in [2.75, 3.05) is 10.8 Å². The minimum Gasteiger partial charge on any atom is -0.352 e. The standard InChI is InChI=1S/C31H34Cl3N3O4S/c1-3-29(31(39)35-24-8-4-5-9-24)36(19-22-11-16-27(33)28(34)18-22)30(38)20-37(25-10-6-7-21(2)17-25)42(40,41)26-14-12-23(32)13-15-26/h6-7,10-18,24,29H,3-5,8-9,19-20H2,1-2H3,(H,35,39)/t29-/m0/s1. The second kappa shape index (κ2) is 14.1. The van der Waals surface area contributed by atoms with Crippen LogP contribution in [0.1, 0.15) is 50.2 Å². The Morgan fingerprint density at radius 3 is 2.26 bits per heavy atom. The normalized spacial score (nSPS) is 14.4. The number of anilines is 1. The SMILES string of the molecule is CC[C@@H](C(=O)NC1CCCC1)N(Cc1ccc(Cl)c(Cl)c1)C(=O)CN(c1cccc(C)c1)S(=O)(=O)c1ccc(Cl)cc1. The van der Waals surface area contributed by atoms with Crippen LogP contribution < -0.4 is 9.62 Å². The average molecular weight is 651 g/mol. The molecule has 0 aromatic heterocycles. The largest absolute Gasteiger partial charge is 0.352 e. The lowest BCUT2D eigenvalue weighted by atomic mass is 10.1. The Morgan fingerprint density at radius 2 is 1.64 bits per heavy atom. The molecule has 1 N–H and O–H groups in total. The van der Waals surface area contributed by atoms with Crippen LogP contribution in [0.4, 0.5) is 5.69 Å². The predicted molar refractivity (Wildman–Crippen MR) is 169 cm³/mol. The number of carbonyl (C=O) groups excluding carboxylic acids is 2. The molecule has 0 spiro atoms. The highest BCUT2D eigenvalue weighted by atomic mass is 35.5. The van der Waals surface area contributed by atoms with E-state index < -0.39 is 28.5 Å². The summed E-state index contributed by atoms with van der Waals surface area (Å²) in [6.07, 6.45) is 4.20. The summed E-state index contributed by atoms with van der Waals surface area (Å²) in [7, 11) is -4.18. The third-order valence-electron chi connectivity index (χ3n) is 7.39. The Kier molecular flexibility index (Phi) is 10.8. The van der Waals surface area contributed by atoms with Crippen molar-refractivity contribution in [3.63, 3.8) is 0 Å². The molecular weight excluding hydrogens is 617 g/mol. The number of rotatable bonds is 11. The van der Waals surface area contributed by atoms with Gasteiger partial charge in [-0.2, -0.15) is 0 Å². The van der Waals surface area contributed by atoms with Crippen LogP contribution in [0, 0.1) is 6.92 Å². The van der Waals surface area contributed by atoms with Gasteiger partial charge in [-0.3, -0.25) is 13.9 Å². The molecule has 4 rings (SSSR count). The van der Waals surface area contributed by atoms with Gasteiger partial charge in [-0.25, -0.2) is 8.42 Å². The highest BCUT2D eigenvalue weighted by Crippen LogP contribution is 2.28. The lowest BCUT2D eigenvalue weighted by Crippen LogP contribution is -2.53. The molecule has 0 saturated heterocycles. The van der Waals surface area contributed by atoms with Crippen LogP contribution >= 0.6 is 34.8 Å². The molecule has 224 valence electrons. The summed E-state index contributed by atoms with van der Waals surface area (Å²) in [6.45, 7) is 3.18. The fourth-order valence-electron chi connectivity index (χ4n) is 5.17. The highest BCUT2D eigenvalue weighted by molar-refractivity contribution is 7.92. The van der Waals surface area contributed by atoms with E-state index in [0.717, 1.165) is 35.6 Å². The molecule has 0 heterocycles. The van der Waals surface area contributed by atoms with Crippen molar-refractivity contribution in [3.8, 4) is 0 Å². The summed E-state index contributed by atoms with van der Waals surface area (Å²) in [6, 6.07) is 16.9. The van der Waals surface area contributed by atoms with E-state index in [4.69, 9.17) is 34.8 Å². The number of halogens is 3. The lowest BCUT2D eigenvalue weighted by Gasteiger charge is -2.34. The number of nitrogens with zero attached hydrogens (tertiary/aromatic N) is 2. The molecule has 2 amide bonds. The molecule has 0 radical (unpaired) electrons. The smallest absolute Gasteiger partial charge is 0.264 e. The zero-order valence-electron chi connectivity index (χ0n) is 23.5. The van der Waals surface area contributed by atoms with Crippen molar-refractivity contribution < 1.29 is 18.0 Å². The summed E-state index contributed by atoms with van der Waals surface area (Å²) >= 11 is 18.4. The number of hydrogen-bond acceptors (Lipinski definition) is 4. The minimum atomic E-state index is -4.18. The Balaban J connectivity index is 1.73. The van der Waals surface area contributed by atoms with Gasteiger partial charge in [0.1, 0.15) is 12.6 Å². The third kappa shape index (κ3) is 7.78. The molecule has 7 nitrogen and oxygen atoms in total. The Morgan fingerprint density at radius 1 is 0.952 bits per heavy atom. The molecule has 1 fully saturated rings. The van der Waals surface area contributed by atoms with Gasteiger partial charge in [0.2, 0.25) is 11.8 Å². The number of nitrogens with one attached hydrogen (secondary N) is 1. The van der Waals surface area contributed by atoms with Crippen molar-refractivity contribution in [2.45, 2.75) is 69.5 Å². The monoisotopic (exact) mass is 649 g/mol. The van der Waals surface area contributed by atoms with Gasteiger partial charge in [0.15, 0.2) is 0 Å². The molecule has 3 aromatic rings. The molecule has 11 heteroatoms. The second-order valence-corrected chi connectivity index (χ2v) is 13.6. The van der Waals surface area contributed by atoms with Crippen LogP contribution in [0.2, 0.25) is 15.1 Å². The quantitative estimate of drug-likeness (QED) is 0.242. The number of benzene rings is 3. The summed E-state index contributed by atoms with van der Waals surface area (Å²) in [4.78, 5) is 29.2. The number of amides is 2. The summed E-state index contributed by atoms with van der Waals surface area (Å²) in [5.74, 6) is -0.797. The maximum absolute atomic E-state index is 14.2. The second-order valence-electron chi connectivity index (χ2n) is 10.5. The molecule has 0 bridgehead atoms. The van der Waals surface area contributed by atoms with Gasteiger partial charge >= 0.3 is 0 Å². The van der Waals surface area contributed by atoms with Crippen LogP contribution in [0.3, 0.4) is 0 Å². The van der Waals surface area contributed by atoms with Gasteiger partial charge in [-0.1, -0.05) is 72.8 Å². The molecule has 3 aromatic carbocycles. The van der Waals surface area contributed by atoms with Gasteiger partial charge in [0.05, 0.1) is 20.6 Å². The number of hydrogen-bond donors (Lipinski definition) is 1. The van der Waals surface area contributed by atoms with Gasteiger partial charge in [-0.05, 0) is 85.8 Å². The van der Waals surface area contributed by atoms with Crippen LogP contribution in [-0.4, -0.2) is 43.8 Å². The third-order valence-corrected chi connectivity index (χ3v) is 10.2. The van der Waals surface area contributed by atoms with E-state index in [2.05, 4.69) is 5.32 Å². The van der Waals surface area contributed by atoms with E-state index in [1.807, 2.05) is 19.9 Å². The summed E-state index contributed by atoms with van der Waals surface area (Å²) in [5, 5.41) is 4.17. The number of sulfonamides is 1. The van der Waals surface area contributed by atoms with Crippen LogP contribution in [0.5, 0.6) is 0 Å². The number of aryl methyl sites for hydroxylation is 1. The minimum absolute atomic E-state index is 0.0109. The molecule has 1 aliphatic carbocycles. The van der Waals surface area contributed by atoms with Crippen LogP contribution in [0.25, 0.3) is 0 Å². The summed E-state index contributed by atoms with van der Waals surface area (Å²) < 4.78 is 29.0. The first-order chi connectivity index (χ1) is 20.0. The first kappa shape index (κ1) is 32.1. The zero-order chi connectivity index (χ0) is 30.4. The van der Waals surface area contributed by atoms with Gasteiger partial charge in [0, 0.05) is 17.6 Å². The molecule has 1 aliphatic rings. The Hall–Kier alpha value is -2.78. The average Bonchev–Trinajstić information content (AvgIpc) is 3.46. The van der Waals surface area contributed by atoms with E-state index in [-0.39, 0.29) is 23.4 Å². The summed E-state index contributed by atoms with van der Waals surface area (Å²) in [5.41, 5.74) is 1.81. The Bertz CT molecular complexity index is 1530. The zero-order valence-corrected chi connectivity index (χ0v) is 26.6. The predicted octanol–water partition coefficient (Wildman–Crippen LogP) is 7.02. The van der Waals surface area contributed by atoms with Crippen molar-refractivity contribution in [1.29, 1.82) is 0 Å². The number of carbonyl (C=O) groups is 2. The first-order valence-electron chi connectivity index (χ1n) is 13.9. The van der Waals surface area contributed by atoms with Crippen molar-refractivity contribution in [1.82, 2.24) is 10.2 Å². The molecule has 0 aliphatic heterocycles. The van der Waals surface area contributed by atoms with Crippen molar-refractivity contribution >= 4 is 62.3 Å². The molecular formula is C31H34Cl3N3O4S. The van der Waals surface area contributed by atoms with Gasteiger partial charge in [-0.15, -0.1) is 0 Å². The fourth-order valence-corrected chi connectivity index (χ4v) is 7.02. The molecule has 1 atom stereocenters. The van der Waals surface area contributed by atoms with E-state index in [0.29, 0.717) is 32.7 Å². The van der Waals surface area contributed by atoms with Gasteiger partial charge in [0.25, 0.3) is 10.0 Å². The fraction of sp³-hybridized carbons (Fsp3) is 0.355. The topological polar surface area (TPSA) is 86.8 Å². The van der Waals surface area contributed by atoms with Crippen molar-refractivity contribution in [3.05, 3.63) is 92.9 Å². The van der Waals surface area contributed by atoms with E-state index in [9.17, 15) is 18.0 Å². The highest BCUT2D eigenvalue weighted by Gasteiger charge is 2.34. The van der Waals surface area contributed by atoms with Gasteiger partial charge < -0.3 is 10.2 Å². The van der Waals surface area contributed by atoms with E-state index in [1.165, 1.54) is 29.2 Å². The maximum Gasteiger partial charge on any atom is 0.264 e. The lowest BCUT2D eigenvalue weighted by molar-refractivity contribution is -0.140. The molecule has 1 saturated carbocycles. The van der Waals surface area contributed by atoms with Crippen LogP contribution in [-0.2, 0) is 26.2 Å².